The normalized spacial score (nSPS) is 16.6. The summed E-state index contributed by atoms with van der Waals surface area (Å²) in [6.45, 7) is 5.44. The fourth-order valence-corrected chi connectivity index (χ4v) is 3.20. The molecule has 0 aliphatic carbocycles. The van der Waals surface area contributed by atoms with Crippen LogP contribution in [0, 0.1) is 0 Å². The summed E-state index contributed by atoms with van der Waals surface area (Å²) in [7, 11) is 2.06. The largest absolute Gasteiger partial charge is 0.343 e. The van der Waals surface area contributed by atoms with Gasteiger partial charge in [-0.2, -0.15) is 0 Å². The Morgan fingerprint density at radius 2 is 2.10 bits per heavy atom. The first-order chi connectivity index (χ1) is 10.1. The molecule has 3 heterocycles. The van der Waals surface area contributed by atoms with Crippen LogP contribution in [-0.4, -0.2) is 38.4 Å². The second-order valence-corrected chi connectivity index (χ2v) is 5.83. The summed E-state index contributed by atoms with van der Waals surface area (Å²) in [6, 6.07) is 2.18. The third kappa shape index (κ3) is 2.52. The molecule has 0 saturated carbocycles. The fraction of sp³-hybridized carbons (Fsp3) is 0.562. The van der Waals surface area contributed by atoms with Gasteiger partial charge < -0.3 is 9.47 Å². The summed E-state index contributed by atoms with van der Waals surface area (Å²) in [5.74, 6) is 0.674. The summed E-state index contributed by atoms with van der Waals surface area (Å²) in [5, 5.41) is 0. The number of likely N-dealkylation sites (tertiary alicyclic amines) is 1. The highest BCUT2D eigenvalue weighted by molar-refractivity contribution is 5.74. The lowest BCUT2D eigenvalue weighted by Crippen LogP contribution is -2.36. The molecule has 1 aliphatic rings. The number of amides is 1. The monoisotopic (exact) mass is 286 g/mol. The van der Waals surface area contributed by atoms with Gasteiger partial charge in [0.05, 0.1) is 11.9 Å². The maximum Gasteiger partial charge on any atom is 0.219 e. The maximum absolute atomic E-state index is 11.4. The van der Waals surface area contributed by atoms with Crippen LogP contribution < -0.4 is 0 Å². The van der Waals surface area contributed by atoms with E-state index in [-0.39, 0.29) is 5.91 Å². The Labute approximate surface area is 125 Å². The number of nitrogens with zero attached hydrogens (tertiary/aromatic N) is 4. The quantitative estimate of drug-likeness (QED) is 0.851. The lowest BCUT2D eigenvalue weighted by atomic mass is 9.93. The van der Waals surface area contributed by atoms with Crippen LogP contribution in [0.3, 0.4) is 0 Å². The molecule has 1 amide bonds. The molecule has 0 radical (unpaired) electrons. The summed E-state index contributed by atoms with van der Waals surface area (Å²) < 4.78 is 2.16. The van der Waals surface area contributed by atoms with Crippen LogP contribution in [0.5, 0.6) is 0 Å². The van der Waals surface area contributed by atoms with E-state index in [1.165, 1.54) is 5.69 Å². The van der Waals surface area contributed by atoms with Crippen molar-refractivity contribution in [1.82, 2.24) is 19.4 Å². The van der Waals surface area contributed by atoms with Crippen molar-refractivity contribution >= 4 is 17.1 Å². The Kier molecular flexibility index (Phi) is 3.66. The van der Waals surface area contributed by atoms with E-state index in [1.54, 1.807) is 6.92 Å². The van der Waals surface area contributed by atoms with E-state index in [4.69, 9.17) is 0 Å². The molecule has 5 heteroatoms. The highest BCUT2D eigenvalue weighted by Gasteiger charge is 2.24. The molecule has 0 spiro atoms. The number of aryl methyl sites for hydroxylation is 2. The minimum atomic E-state index is 0.182. The molecule has 3 rings (SSSR count). The van der Waals surface area contributed by atoms with Gasteiger partial charge in [0.15, 0.2) is 5.65 Å². The number of hydrogen-bond acceptors (Lipinski definition) is 3. The Balaban J connectivity index is 1.87. The minimum Gasteiger partial charge on any atom is -0.343 e. The van der Waals surface area contributed by atoms with Crippen LogP contribution in [0.1, 0.15) is 44.0 Å². The van der Waals surface area contributed by atoms with E-state index in [2.05, 4.69) is 34.6 Å². The zero-order chi connectivity index (χ0) is 15.0. The zero-order valence-corrected chi connectivity index (χ0v) is 13.0. The van der Waals surface area contributed by atoms with Gasteiger partial charge in [0.1, 0.15) is 5.52 Å². The van der Waals surface area contributed by atoms with Gasteiger partial charge in [-0.05, 0) is 25.3 Å². The van der Waals surface area contributed by atoms with E-state index >= 15 is 0 Å². The van der Waals surface area contributed by atoms with E-state index in [0.717, 1.165) is 49.2 Å². The number of piperidine rings is 1. The van der Waals surface area contributed by atoms with Crippen molar-refractivity contribution in [2.24, 2.45) is 7.05 Å². The average molecular weight is 286 g/mol. The van der Waals surface area contributed by atoms with E-state index in [9.17, 15) is 4.79 Å². The maximum atomic E-state index is 11.4. The Bertz CT molecular complexity index is 668. The number of carbonyl (C=O) groups excluding carboxylic acids is 1. The van der Waals surface area contributed by atoms with Gasteiger partial charge in [0.2, 0.25) is 5.91 Å². The Morgan fingerprint density at radius 1 is 1.38 bits per heavy atom. The highest BCUT2D eigenvalue weighted by atomic mass is 16.2. The van der Waals surface area contributed by atoms with Gasteiger partial charge in [0, 0.05) is 38.7 Å². The van der Waals surface area contributed by atoms with Crippen LogP contribution in [0.25, 0.3) is 11.2 Å². The fourth-order valence-electron chi connectivity index (χ4n) is 3.20. The van der Waals surface area contributed by atoms with Crippen LogP contribution in [0.2, 0.25) is 0 Å². The predicted molar refractivity (Wildman–Crippen MR) is 82.1 cm³/mol. The average Bonchev–Trinajstić information content (AvgIpc) is 2.83. The van der Waals surface area contributed by atoms with Gasteiger partial charge in [0.25, 0.3) is 0 Å². The first-order valence-electron chi connectivity index (χ1n) is 7.67. The van der Waals surface area contributed by atoms with Crippen molar-refractivity contribution < 1.29 is 4.79 Å². The molecule has 0 bridgehead atoms. The number of aromatic nitrogens is 3. The molecule has 2 aromatic rings. The standard InChI is InChI=1S/C16H22N4O/c1-4-13-10-17-16-14(18-13)9-15(19(16)3)12-5-7-20(8-6-12)11(2)21/h9-10,12H,4-8H2,1-3H3. The van der Waals surface area contributed by atoms with Gasteiger partial charge >= 0.3 is 0 Å². The number of hydrogen-bond donors (Lipinski definition) is 0. The van der Waals surface area contributed by atoms with Crippen molar-refractivity contribution in [3.8, 4) is 0 Å². The molecule has 21 heavy (non-hydrogen) atoms. The van der Waals surface area contributed by atoms with Crippen LogP contribution in [0.15, 0.2) is 12.3 Å². The molecule has 0 aromatic carbocycles. The number of fused-ring (bicyclic) bond motifs is 1. The molecule has 1 fully saturated rings. The number of rotatable bonds is 2. The second kappa shape index (κ2) is 5.47. The first-order valence-corrected chi connectivity index (χ1v) is 7.67. The van der Waals surface area contributed by atoms with Gasteiger partial charge in [-0.15, -0.1) is 0 Å². The van der Waals surface area contributed by atoms with Crippen molar-refractivity contribution in [2.45, 2.75) is 39.0 Å². The van der Waals surface area contributed by atoms with Gasteiger partial charge in [-0.3, -0.25) is 4.79 Å². The second-order valence-electron chi connectivity index (χ2n) is 5.83. The van der Waals surface area contributed by atoms with Gasteiger partial charge in [-0.1, -0.05) is 6.92 Å². The molecule has 2 aromatic heterocycles. The van der Waals surface area contributed by atoms with Crippen LogP contribution in [-0.2, 0) is 18.3 Å². The van der Waals surface area contributed by atoms with Crippen LogP contribution in [0.4, 0.5) is 0 Å². The lowest BCUT2D eigenvalue weighted by molar-refractivity contribution is -0.129. The summed E-state index contributed by atoms with van der Waals surface area (Å²) in [5.41, 5.74) is 4.27. The zero-order valence-electron chi connectivity index (χ0n) is 13.0. The van der Waals surface area contributed by atoms with Crippen molar-refractivity contribution in [2.75, 3.05) is 13.1 Å². The van der Waals surface area contributed by atoms with E-state index < -0.39 is 0 Å². The molecular formula is C16H22N4O. The molecular weight excluding hydrogens is 264 g/mol. The SMILES string of the molecule is CCc1cnc2c(cc(C3CCN(C(C)=O)CC3)n2C)n1. The highest BCUT2D eigenvalue weighted by Crippen LogP contribution is 2.30. The first kappa shape index (κ1) is 14.0. The van der Waals surface area contributed by atoms with Crippen molar-refractivity contribution in [1.29, 1.82) is 0 Å². The van der Waals surface area contributed by atoms with Gasteiger partial charge in [-0.25, -0.2) is 9.97 Å². The summed E-state index contributed by atoms with van der Waals surface area (Å²) in [6.07, 6.45) is 4.81. The molecule has 1 saturated heterocycles. The molecule has 5 nitrogen and oxygen atoms in total. The minimum absolute atomic E-state index is 0.182. The van der Waals surface area contributed by atoms with Crippen LogP contribution >= 0.6 is 0 Å². The molecule has 0 unspecified atom stereocenters. The number of carbonyl (C=O) groups is 1. The Morgan fingerprint density at radius 3 is 2.71 bits per heavy atom. The predicted octanol–water partition coefficient (Wildman–Crippen LogP) is 2.26. The van der Waals surface area contributed by atoms with Crippen molar-refractivity contribution in [3.63, 3.8) is 0 Å². The topological polar surface area (TPSA) is 51.0 Å². The van der Waals surface area contributed by atoms with Crippen molar-refractivity contribution in [3.05, 3.63) is 23.7 Å². The smallest absolute Gasteiger partial charge is 0.219 e. The Hall–Kier alpha value is -1.91. The summed E-state index contributed by atoms with van der Waals surface area (Å²) >= 11 is 0. The third-order valence-corrected chi connectivity index (χ3v) is 4.54. The molecule has 1 aliphatic heterocycles. The molecule has 112 valence electrons. The summed E-state index contributed by atoms with van der Waals surface area (Å²) in [4.78, 5) is 22.6. The van der Waals surface area contributed by atoms with E-state index in [0.29, 0.717) is 5.92 Å². The lowest BCUT2D eigenvalue weighted by Gasteiger charge is -2.31. The third-order valence-electron chi connectivity index (χ3n) is 4.54. The van der Waals surface area contributed by atoms with E-state index in [1.807, 2.05) is 11.1 Å². The molecule has 0 N–H and O–H groups in total. The molecule has 0 atom stereocenters.